The second-order valence-corrected chi connectivity index (χ2v) is 4.25. The van der Waals surface area contributed by atoms with Gasteiger partial charge in [0, 0.05) is 46.9 Å². The highest BCUT2D eigenvalue weighted by atomic mass is 127. The summed E-state index contributed by atoms with van der Waals surface area (Å²) in [5.41, 5.74) is 0. The topological polar surface area (TPSA) is 68.0 Å². The molecule has 0 aliphatic carbocycles. The van der Waals surface area contributed by atoms with Gasteiger partial charge < -0.3 is 24.5 Å². The summed E-state index contributed by atoms with van der Waals surface area (Å²) in [6.07, 6.45) is 3.42. The molecule has 21 heavy (non-hydrogen) atoms. The third-order valence-electron chi connectivity index (χ3n) is 2.62. The average Bonchev–Trinajstić information content (AvgIpc) is 2.96. The minimum atomic E-state index is 0. The van der Waals surface area contributed by atoms with Crippen LogP contribution in [-0.2, 0) is 15.9 Å². The lowest BCUT2D eigenvalue weighted by Gasteiger charge is -2.11. The van der Waals surface area contributed by atoms with Gasteiger partial charge in [-0.2, -0.15) is 0 Å². The van der Waals surface area contributed by atoms with E-state index >= 15 is 0 Å². The van der Waals surface area contributed by atoms with Crippen molar-refractivity contribution in [3.63, 3.8) is 0 Å². The first-order chi connectivity index (χ1) is 9.86. The minimum Gasteiger partial charge on any atom is -0.469 e. The quantitative estimate of drug-likeness (QED) is 0.265. The van der Waals surface area contributed by atoms with Crippen LogP contribution in [0.4, 0.5) is 0 Å². The summed E-state index contributed by atoms with van der Waals surface area (Å²) in [5.74, 6) is 1.76. The van der Waals surface area contributed by atoms with Crippen LogP contribution in [0.15, 0.2) is 27.8 Å². The van der Waals surface area contributed by atoms with Crippen LogP contribution in [0.25, 0.3) is 0 Å². The molecule has 7 heteroatoms. The van der Waals surface area contributed by atoms with Gasteiger partial charge in [-0.25, -0.2) is 0 Å². The number of aliphatic imine (C=N–C) groups is 1. The van der Waals surface area contributed by atoms with Crippen molar-refractivity contribution >= 4 is 29.9 Å². The number of furan rings is 1. The van der Waals surface area contributed by atoms with Gasteiger partial charge in [0.1, 0.15) is 5.76 Å². The van der Waals surface area contributed by atoms with Crippen molar-refractivity contribution in [2.24, 2.45) is 4.99 Å². The molecule has 6 nitrogen and oxygen atoms in total. The van der Waals surface area contributed by atoms with E-state index in [0.717, 1.165) is 50.8 Å². The Bertz CT molecular complexity index is 358. The van der Waals surface area contributed by atoms with Crippen molar-refractivity contribution in [3.8, 4) is 0 Å². The van der Waals surface area contributed by atoms with Crippen LogP contribution in [0.3, 0.4) is 0 Å². The normalized spacial score (nSPS) is 11.0. The molecule has 0 unspecified atom stereocenters. The molecular formula is C14H26IN3O3. The Hall–Kier alpha value is -0.800. The predicted octanol–water partition coefficient (Wildman–Crippen LogP) is 1.66. The number of nitrogens with zero attached hydrogens (tertiary/aromatic N) is 1. The van der Waals surface area contributed by atoms with Crippen molar-refractivity contribution in [2.75, 3.05) is 47.1 Å². The van der Waals surface area contributed by atoms with Gasteiger partial charge in [0.05, 0.1) is 12.9 Å². The van der Waals surface area contributed by atoms with E-state index in [-0.39, 0.29) is 24.0 Å². The van der Waals surface area contributed by atoms with Gasteiger partial charge in [-0.3, -0.25) is 4.99 Å². The molecular weight excluding hydrogens is 385 g/mol. The van der Waals surface area contributed by atoms with Crippen LogP contribution in [0.1, 0.15) is 12.2 Å². The lowest BCUT2D eigenvalue weighted by Crippen LogP contribution is -2.40. The molecule has 1 aromatic heterocycles. The molecule has 0 spiro atoms. The number of hydrogen-bond acceptors (Lipinski definition) is 4. The number of ether oxygens (including phenoxy) is 2. The van der Waals surface area contributed by atoms with Crippen LogP contribution in [0.2, 0.25) is 0 Å². The van der Waals surface area contributed by atoms with Gasteiger partial charge in [0.25, 0.3) is 0 Å². The van der Waals surface area contributed by atoms with Crippen LogP contribution >= 0.6 is 24.0 Å². The molecule has 0 bridgehead atoms. The second-order valence-electron chi connectivity index (χ2n) is 4.25. The van der Waals surface area contributed by atoms with Crippen LogP contribution < -0.4 is 10.6 Å². The summed E-state index contributed by atoms with van der Waals surface area (Å²) in [6.45, 7) is 3.61. The van der Waals surface area contributed by atoms with Crippen molar-refractivity contribution in [1.82, 2.24) is 10.6 Å². The molecule has 1 heterocycles. The summed E-state index contributed by atoms with van der Waals surface area (Å²) in [4.78, 5) is 4.48. The Morgan fingerprint density at radius 2 is 1.95 bits per heavy atom. The third-order valence-corrected chi connectivity index (χ3v) is 2.62. The van der Waals surface area contributed by atoms with E-state index in [9.17, 15) is 0 Å². The number of rotatable bonds is 10. The van der Waals surface area contributed by atoms with Crippen molar-refractivity contribution in [2.45, 2.75) is 12.8 Å². The SMILES string of the molecule is COCCCN=C(NCCOC)NCCc1ccco1.I. The third kappa shape index (κ3) is 10.6. The van der Waals surface area contributed by atoms with Gasteiger partial charge >= 0.3 is 0 Å². The second kappa shape index (κ2) is 14.2. The van der Waals surface area contributed by atoms with Gasteiger partial charge in [0.15, 0.2) is 5.96 Å². The zero-order valence-electron chi connectivity index (χ0n) is 12.8. The maximum atomic E-state index is 5.29. The Kier molecular flexibility index (Phi) is 13.6. The van der Waals surface area contributed by atoms with Gasteiger partial charge in [-0.1, -0.05) is 0 Å². The molecule has 2 N–H and O–H groups in total. The summed E-state index contributed by atoms with van der Waals surface area (Å²) >= 11 is 0. The van der Waals surface area contributed by atoms with E-state index in [1.807, 2.05) is 12.1 Å². The molecule has 0 radical (unpaired) electrons. The summed E-state index contributed by atoms with van der Waals surface area (Å²) in [5, 5.41) is 6.50. The molecule has 0 fully saturated rings. The molecule has 122 valence electrons. The van der Waals surface area contributed by atoms with E-state index < -0.39 is 0 Å². The van der Waals surface area contributed by atoms with E-state index in [2.05, 4.69) is 15.6 Å². The largest absolute Gasteiger partial charge is 0.469 e. The maximum Gasteiger partial charge on any atom is 0.191 e. The molecule has 0 aliphatic rings. The van der Waals surface area contributed by atoms with E-state index in [1.165, 1.54) is 0 Å². The Labute approximate surface area is 143 Å². The lowest BCUT2D eigenvalue weighted by atomic mass is 10.3. The fraction of sp³-hybridized carbons (Fsp3) is 0.643. The van der Waals surface area contributed by atoms with E-state index in [1.54, 1.807) is 20.5 Å². The number of nitrogens with one attached hydrogen (secondary N) is 2. The zero-order chi connectivity index (χ0) is 14.5. The number of halogens is 1. The molecule has 1 rings (SSSR count). The number of hydrogen-bond donors (Lipinski definition) is 2. The van der Waals surface area contributed by atoms with Crippen molar-refractivity contribution < 1.29 is 13.9 Å². The molecule has 0 aliphatic heterocycles. The van der Waals surface area contributed by atoms with Crippen LogP contribution in [-0.4, -0.2) is 53.0 Å². The highest BCUT2D eigenvalue weighted by Crippen LogP contribution is 1.99. The summed E-state index contributed by atoms with van der Waals surface area (Å²) in [7, 11) is 3.38. The fourth-order valence-electron chi connectivity index (χ4n) is 1.60. The summed E-state index contributed by atoms with van der Waals surface area (Å²) in [6, 6.07) is 3.86. The first kappa shape index (κ1) is 20.2. The number of guanidine groups is 1. The first-order valence-electron chi connectivity index (χ1n) is 6.89. The lowest BCUT2D eigenvalue weighted by molar-refractivity contribution is 0.196. The van der Waals surface area contributed by atoms with Gasteiger partial charge in [-0.05, 0) is 18.6 Å². The highest BCUT2D eigenvalue weighted by Gasteiger charge is 1.99. The Morgan fingerprint density at radius 1 is 1.19 bits per heavy atom. The van der Waals surface area contributed by atoms with E-state index in [4.69, 9.17) is 13.9 Å². The monoisotopic (exact) mass is 411 g/mol. The summed E-state index contributed by atoms with van der Waals surface area (Å²) < 4.78 is 15.3. The molecule has 0 amide bonds. The Balaban J connectivity index is 0.00000400. The first-order valence-corrected chi connectivity index (χ1v) is 6.89. The van der Waals surface area contributed by atoms with Crippen LogP contribution in [0, 0.1) is 0 Å². The Morgan fingerprint density at radius 3 is 2.62 bits per heavy atom. The highest BCUT2D eigenvalue weighted by molar-refractivity contribution is 14.0. The molecule has 0 atom stereocenters. The average molecular weight is 411 g/mol. The smallest absolute Gasteiger partial charge is 0.191 e. The van der Waals surface area contributed by atoms with Crippen molar-refractivity contribution in [3.05, 3.63) is 24.2 Å². The predicted molar refractivity (Wildman–Crippen MR) is 94.5 cm³/mol. The number of methoxy groups -OCH3 is 2. The van der Waals surface area contributed by atoms with E-state index in [0.29, 0.717) is 6.61 Å². The molecule has 0 aromatic carbocycles. The molecule has 0 saturated heterocycles. The molecule has 0 saturated carbocycles. The maximum absolute atomic E-state index is 5.29. The minimum absolute atomic E-state index is 0. The molecule has 1 aromatic rings. The standard InChI is InChI=1S/C14H25N3O3.HI/c1-18-10-4-7-15-14(17-9-12-19-2)16-8-6-13-5-3-11-20-13;/h3,5,11H,4,6-10,12H2,1-2H3,(H2,15,16,17);1H. The van der Waals surface area contributed by atoms with Crippen molar-refractivity contribution in [1.29, 1.82) is 0 Å². The fourth-order valence-corrected chi connectivity index (χ4v) is 1.60. The van der Waals surface area contributed by atoms with Gasteiger partial charge in [-0.15, -0.1) is 24.0 Å². The zero-order valence-corrected chi connectivity index (χ0v) is 15.1. The van der Waals surface area contributed by atoms with Crippen LogP contribution in [0.5, 0.6) is 0 Å². The van der Waals surface area contributed by atoms with Gasteiger partial charge in [0.2, 0.25) is 0 Å².